The maximum Gasteiger partial charge on any atom is 0.340 e. The van der Waals surface area contributed by atoms with Gasteiger partial charge in [-0.3, -0.25) is 4.72 Å². The van der Waals surface area contributed by atoms with Gasteiger partial charge in [0.05, 0.1) is 31.0 Å². The van der Waals surface area contributed by atoms with Crippen molar-refractivity contribution in [3.05, 3.63) is 59.2 Å². The molecule has 6 N–H and O–H groups in total. The van der Waals surface area contributed by atoms with Gasteiger partial charge < -0.3 is 20.9 Å². The van der Waals surface area contributed by atoms with Crippen molar-refractivity contribution in [1.82, 2.24) is 4.72 Å². The van der Waals surface area contributed by atoms with E-state index in [9.17, 15) is 26.8 Å². The molecule has 0 spiro atoms. The number of rotatable bonds is 6. The summed E-state index contributed by atoms with van der Waals surface area (Å²) in [5.41, 5.74) is 10.5. The first-order valence-corrected chi connectivity index (χ1v) is 11.7. The Kier molecular flexibility index (Phi) is 13.5. The molecule has 0 atom stereocenters. The number of halogens is 2. The molecule has 0 bridgehead atoms. The Bertz CT molecular complexity index is 1090. The molecule has 0 unspecified atom stereocenters. The van der Waals surface area contributed by atoms with E-state index in [1.54, 1.807) is 13.8 Å². The molecular formula is C22H32F2N4O6S. The van der Waals surface area contributed by atoms with E-state index in [1.165, 1.54) is 19.2 Å². The molecule has 0 aromatic heterocycles. The van der Waals surface area contributed by atoms with Crippen molar-refractivity contribution in [1.29, 1.82) is 0 Å². The van der Waals surface area contributed by atoms with Crippen LogP contribution in [0.5, 0.6) is 0 Å². The van der Waals surface area contributed by atoms with Crippen LogP contribution in [0.25, 0.3) is 0 Å². The van der Waals surface area contributed by atoms with Crippen LogP contribution in [0.15, 0.2) is 36.4 Å². The molecule has 196 valence electrons. The third-order valence-corrected chi connectivity index (χ3v) is 4.71. The number of carbonyl (C=O) groups is 2. The minimum absolute atomic E-state index is 0.0532. The first-order chi connectivity index (χ1) is 16.1. The molecule has 0 fully saturated rings. The topological polar surface area (TPSA) is 163 Å². The van der Waals surface area contributed by atoms with Gasteiger partial charge in [0.2, 0.25) is 0 Å². The van der Waals surface area contributed by atoms with Crippen molar-refractivity contribution in [2.75, 3.05) is 24.7 Å². The summed E-state index contributed by atoms with van der Waals surface area (Å²) in [5.74, 6) is -2.64. The zero-order valence-electron chi connectivity index (χ0n) is 20.4. The summed E-state index contributed by atoms with van der Waals surface area (Å²) in [6.07, 6.45) is 0. The molecule has 35 heavy (non-hydrogen) atoms. The summed E-state index contributed by atoms with van der Waals surface area (Å²) in [7, 11) is -1.50. The molecular weight excluding hydrogens is 486 g/mol. The first-order valence-electron chi connectivity index (χ1n) is 10.2. The van der Waals surface area contributed by atoms with Crippen molar-refractivity contribution in [2.24, 2.45) is 5.73 Å². The predicted molar refractivity (Wildman–Crippen MR) is 130 cm³/mol. The number of nitrogens with one attached hydrogen (secondary N) is 2. The second-order valence-electron chi connectivity index (χ2n) is 7.53. The van der Waals surface area contributed by atoms with Crippen LogP contribution in [0.3, 0.4) is 0 Å². The van der Waals surface area contributed by atoms with Crippen molar-refractivity contribution in [3.8, 4) is 0 Å². The number of hydrogen-bond donors (Lipinski definition) is 4. The highest BCUT2D eigenvalue weighted by Crippen LogP contribution is 2.19. The summed E-state index contributed by atoms with van der Waals surface area (Å²) in [6, 6.07) is 6.66. The SMILES string of the molecule is CC(C)N.COC(=O)c1cc(F)ccc1N.COC(=O)c1cc(F)ccc1NS(=O)(=O)NC(C)C. The molecule has 0 amide bonds. The van der Waals surface area contributed by atoms with Crippen LogP contribution >= 0.6 is 0 Å². The van der Waals surface area contributed by atoms with E-state index in [1.807, 2.05) is 13.8 Å². The van der Waals surface area contributed by atoms with Crippen molar-refractivity contribution in [2.45, 2.75) is 39.8 Å². The minimum atomic E-state index is -3.84. The number of nitrogen functional groups attached to an aromatic ring is 1. The van der Waals surface area contributed by atoms with Crippen molar-refractivity contribution < 1.29 is 36.3 Å². The van der Waals surface area contributed by atoms with Crippen LogP contribution in [-0.4, -0.2) is 46.7 Å². The van der Waals surface area contributed by atoms with Gasteiger partial charge in [0, 0.05) is 11.7 Å². The van der Waals surface area contributed by atoms with Gasteiger partial charge in [-0.2, -0.15) is 13.1 Å². The van der Waals surface area contributed by atoms with Gasteiger partial charge in [-0.1, -0.05) is 13.8 Å². The Balaban J connectivity index is 0.000000614. The lowest BCUT2D eigenvalue weighted by molar-refractivity contribution is 0.0592. The number of carbonyl (C=O) groups excluding carboxylic acids is 2. The van der Waals surface area contributed by atoms with Gasteiger partial charge in [-0.05, 0) is 56.3 Å². The fourth-order valence-corrected chi connectivity index (χ4v) is 3.33. The Hall–Kier alpha value is -3.29. The average Bonchev–Trinajstić information content (AvgIpc) is 2.74. The van der Waals surface area contributed by atoms with Crippen LogP contribution in [0.2, 0.25) is 0 Å². The number of hydrogen-bond acceptors (Lipinski definition) is 8. The number of methoxy groups -OCH3 is 2. The summed E-state index contributed by atoms with van der Waals surface area (Å²) in [4.78, 5) is 22.4. The van der Waals surface area contributed by atoms with Gasteiger partial charge >= 0.3 is 11.9 Å². The number of nitrogens with two attached hydrogens (primary N) is 2. The van der Waals surface area contributed by atoms with Crippen molar-refractivity contribution >= 4 is 33.5 Å². The van der Waals surface area contributed by atoms with Crippen LogP contribution in [0, 0.1) is 11.6 Å². The highest BCUT2D eigenvalue weighted by Gasteiger charge is 2.18. The third kappa shape index (κ3) is 12.7. The second kappa shape index (κ2) is 14.9. The molecule has 0 heterocycles. The molecule has 0 saturated heterocycles. The number of anilines is 2. The maximum atomic E-state index is 13.1. The predicted octanol–water partition coefficient (Wildman–Crippen LogP) is 2.82. The highest BCUT2D eigenvalue weighted by atomic mass is 32.2. The van der Waals surface area contributed by atoms with E-state index in [4.69, 9.17) is 11.5 Å². The molecule has 0 aliphatic rings. The number of ether oxygens (including phenoxy) is 2. The maximum absolute atomic E-state index is 13.1. The Morgan fingerprint density at radius 1 is 0.886 bits per heavy atom. The average molecular weight is 519 g/mol. The van der Waals surface area contributed by atoms with E-state index in [-0.39, 0.29) is 28.5 Å². The van der Waals surface area contributed by atoms with E-state index >= 15 is 0 Å². The van der Waals surface area contributed by atoms with Gasteiger partial charge in [0.1, 0.15) is 11.6 Å². The largest absolute Gasteiger partial charge is 0.465 e. The molecule has 0 aliphatic carbocycles. The quantitative estimate of drug-likeness (QED) is 0.335. The lowest BCUT2D eigenvalue weighted by Crippen LogP contribution is -2.35. The minimum Gasteiger partial charge on any atom is -0.465 e. The van der Waals surface area contributed by atoms with Crippen molar-refractivity contribution in [3.63, 3.8) is 0 Å². The second-order valence-corrected chi connectivity index (χ2v) is 8.97. The van der Waals surface area contributed by atoms with Crippen LogP contribution in [-0.2, 0) is 19.7 Å². The molecule has 0 radical (unpaired) electrons. The van der Waals surface area contributed by atoms with Gasteiger partial charge in [-0.25, -0.2) is 18.4 Å². The van der Waals surface area contributed by atoms with E-state index in [0.29, 0.717) is 6.04 Å². The van der Waals surface area contributed by atoms with Gasteiger partial charge in [-0.15, -0.1) is 0 Å². The summed E-state index contributed by atoms with van der Waals surface area (Å²) in [5, 5.41) is 0. The highest BCUT2D eigenvalue weighted by molar-refractivity contribution is 7.90. The standard InChI is InChI=1S/C11H15FN2O4S.C8H8FNO2.C3H9N/c1-7(2)13-19(16,17)14-10-5-4-8(12)6-9(10)11(15)18-3;1-12-8(11)6-4-5(9)2-3-7(6)10;1-3(2)4/h4-7,13-14H,1-3H3;2-4H,10H2,1H3;3H,4H2,1-2H3. The lowest BCUT2D eigenvalue weighted by atomic mass is 10.2. The third-order valence-electron chi connectivity index (χ3n) is 3.44. The zero-order valence-corrected chi connectivity index (χ0v) is 21.2. The van der Waals surface area contributed by atoms with E-state index in [0.717, 1.165) is 31.4 Å². The molecule has 13 heteroatoms. The monoisotopic (exact) mass is 518 g/mol. The normalized spacial score (nSPS) is 10.5. The van der Waals surface area contributed by atoms with E-state index in [2.05, 4.69) is 18.9 Å². The Labute approximate surface area is 204 Å². The Morgan fingerprint density at radius 3 is 1.77 bits per heavy atom. The van der Waals surface area contributed by atoms with Crippen LogP contribution in [0.1, 0.15) is 48.4 Å². The molecule has 10 nitrogen and oxygen atoms in total. The molecule has 2 aromatic carbocycles. The van der Waals surface area contributed by atoms with Crippen LogP contribution in [0.4, 0.5) is 20.2 Å². The lowest BCUT2D eigenvalue weighted by Gasteiger charge is -2.13. The van der Waals surface area contributed by atoms with Crippen LogP contribution < -0.4 is 20.9 Å². The smallest absolute Gasteiger partial charge is 0.340 e. The molecule has 0 aliphatic heterocycles. The van der Waals surface area contributed by atoms with Gasteiger partial charge in [0.25, 0.3) is 10.2 Å². The van der Waals surface area contributed by atoms with E-state index < -0.39 is 33.8 Å². The summed E-state index contributed by atoms with van der Waals surface area (Å²) < 4.78 is 62.3. The molecule has 0 saturated carbocycles. The molecule has 2 aromatic rings. The summed E-state index contributed by atoms with van der Waals surface area (Å²) in [6.45, 7) is 7.18. The zero-order chi connectivity index (χ0) is 27.3. The Morgan fingerprint density at radius 2 is 1.31 bits per heavy atom. The van der Waals surface area contributed by atoms with Gasteiger partial charge in [0.15, 0.2) is 0 Å². The molecule has 2 rings (SSSR count). The first kappa shape index (κ1) is 31.7. The number of benzene rings is 2. The fraction of sp³-hybridized carbons (Fsp3) is 0.364. The fourth-order valence-electron chi connectivity index (χ4n) is 2.18. The number of esters is 2. The summed E-state index contributed by atoms with van der Waals surface area (Å²) >= 11 is 0.